The number of ether oxygens (including phenoxy) is 1. The molecule has 8 aromatic rings. The second kappa shape index (κ2) is 16.8. The van der Waals surface area contributed by atoms with Gasteiger partial charge in [-0.1, -0.05) is 0 Å². The summed E-state index contributed by atoms with van der Waals surface area (Å²) in [5.41, 5.74) is 11.1. The van der Waals surface area contributed by atoms with Crippen molar-refractivity contribution in [2.24, 2.45) is 0 Å². The van der Waals surface area contributed by atoms with Crippen molar-refractivity contribution in [3.63, 3.8) is 0 Å². The summed E-state index contributed by atoms with van der Waals surface area (Å²) in [6.45, 7) is 5.67. The Morgan fingerprint density at radius 1 is 0.315 bits per heavy atom. The molecule has 0 aliphatic carbocycles. The number of hydrogen-bond donors (Lipinski definition) is 0. The molecule has 5 nitrogen and oxygen atoms in total. The Bertz CT molecular complexity index is 1920. The summed E-state index contributed by atoms with van der Waals surface area (Å²) in [5.74, 6) is 3.91. The summed E-state index contributed by atoms with van der Waals surface area (Å²) in [7, 11) is 0. The summed E-state index contributed by atoms with van der Waals surface area (Å²) >= 11 is 0. The molecule has 4 aromatic carbocycles. The predicted molar refractivity (Wildman–Crippen MR) is 209 cm³/mol. The molecule has 0 saturated heterocycles. The molecule has 0 fully saturated rings. The van der Waals surface area contributed by atoms with Crippen molar-refractivity contribution in [3.8, 4) is 0 Å². The SMILES string of the molecule is CCOCC.[Zn].c1ccc([C+]2c3ccc([n-]3)[C+](c3ccccc3)c3ccc([n-]3)[C+](c3ccccc3)c3ccc([n-]3)[C+](c3ccccc3)c3ccc2[n-]3)cc1. The van der Waals surface area contributed by atoms with Crippen LogP contribution in [0.2, 0.25) is 0 Å². The van der Waals surface area contributed by atoms with Gasteiger partial charge in [-0.3, -0.25) is 0 Å². The van der Waals surface area contributed by atoms with Gasteiger partial charge < -0.3 is 24.7 Å². The fourth-order valence-corrected chi connectivity index (χ4v) is 6.89. The van der Waals surface area contributed by atoms with Gasteiger partial charge in [0.2, 0.25) is 0 Å². The van der Waals surface area contributed by atoms with Gasteiger partial charge in [-0.2, -0.15) is 0 Å². The van der Waals surface area contributed by atoms with Gasteiger partial charge in [-0.05, 0) is 132 Å². The Balaban J connectivity index is 0.000000706. The molecule has 0 N–H and O–H groups in total. The maximum atomic E-state index is 5.31. The molecule has 4 aromatic heterocycles. The first-order valence-electron chi connectivity index (χ1n) is 18.1. The van der Waals surface area contributed by atoms with E-state index >= 15 is 0 Å². The van der Waals surface area contributed by atoms with E-state index in [9.17, 15) is 0 Å². The third kappa shape index (κ3) is 7.45. The average Bonchev–Trinajstić information content (AvgIpc) is 4.05. The van der Waals surface area contributed by atoms with E-state index in [1.807, 2.05) is 38.1 Å². The molecule has 0 radical (unpaired) electrons. The molecule has 1 aliphatic heterocycles. The van der Waals surface area contributed by atoms with Gasteiger partial charge in [0.15, 0.2) is 0 Å². The zero-order valence-corrected chi connectivity index (χ0v) is 33.5. The van der Waals surface area contributed by atoms with Gasteiger partial charge in [0, 0.05) is 153 Å². The van der Waals surface area contributed by atoms with Crippen LogP contribution in [0, 0.1) is 23.7 Å². The van der Waals surface area contributed by atoms with E-state index in [0.717, 1.165) is 105 Å². The molecule has 258 valence electrons. The zero-order valence-electron chi connectivity index (χ0n) is 30.5. The first-order chi connectivity index (χ1) is 26.2. The number of hydrogen-bond acceptors (Lipinski definition) is 1. The van der Waals surface area contributed by atoms with E-state index in [-0.39, 0.29) is 19.5 Å². The van der Waals surface area contributed by atoms with Crippen LogP contribution in [0.4, 0.5) is 0 Å². The van der Waals surface area contributed by atoms with Crippen LogP contribution in [0.15, 0.2) is 170 Å². The van der Waals surface area contributed by atoms with E-state index in [1.165, 1.54) is 0 Å². The van der Waals surface area contributed by atoms with Gasteiger partial charge in [0.05, 0.1) is 22.3 Å². The van der Waals surface area contributed by atoms with Crippen LogP contribution in [-0.4, -0.2) is 13.2 Å². The second-order valence-electron chi connectivity index (χ2n) is 12.6. The van der Waals surface area contributed by atoms with Crippen LogP contribution in [0.3, 0.4) is 0 Å². The standard InChI is InChI=1S/C44H28N4.C4H10O.Zn/c1-5-13-29(14-6-1)41-33-21-23-35(45-33)42(30-15-7-2-8-16-30)37-25-27-39(47-37)44(32-19-11-4-12-20-32)40-28-26-38(48-40)43(31-17-9-3-10-18-31)36-24-22-34(41)46-36;1-3-5-4-2;/h1-28H;3-4H2,1-2H3;. The fraction of sp³-hybridized carbons (Fsp3) is 0.0833. The molecular weight excluding hydrogens is 714 g/mol. The van der Waals surface area contributed by atoms with Crippen molar-refractivity contribution in [1.82, 2.24) is 19.9 Å². The van der Waals surface area contributed by atoms with Crippen molar-refractivity contribution in [2.45, 2.75) is 13.8 Å². The first-order valence-corrected chi connectivity index (χ1v) is 18.1. The van der Waals surface area contributed by atoms with Crippen molar-refractivity contribution >= 4 is 0 Å². The van der Waals surface area contributed by atoms with Crippen molar-refractivity contribution in [2.75, 3.05) is 13.2 Å². The number of nitrogens with zero attached hydrogens (tertiary/aromatic N) is 4. The van der Waals surface area contributed by atoms with Gasteiger partial charge >= 0.3 is 0 Å². The van der Waals surface area contributed by atoms with Crippen molar-refractivity contribution in [3.05, 3.63) is 261 Å². The minimum Gasteiger partial charge on any atom is -0.628 e. The first kappa shape index (κ1) is 36.4. The maximum Gasteiger partial charge on any atom is 0.0768 e. The summed E-state index contributed by atoms with van der Waals surface area (Å²) < 4.78 is 4.83. The van der Waals surface area contributed by atoms with E-state index < -0.39 is 0 Å². The Kier molecular flexibility index (Phi) is 11.3. The van der Waals surface area contributed by atoms with Gasteiger partial charge in [0.25, 0.3) is 0 Å². The topological polar surface area (TPSA) is 65.6 Å². The average molecular weight is 752 g/mol. The minimum absolute atomic E-state index is 0. The quantitative estimate of drug-likeness (QED) is 0.125. The number of rotatable bonds is 6. The molecule has 0 unspecified atom stereocenters. The molecule has 0 atom stereocenters. The largest absolute Gasteiger partial charge is 0.628 e. The summed E-state index contributed by atoms with van der Waals surface area (Å²) in [6, 6.07) is 58.4. The molecule has 8 bridgehead atoms. The van der Waals surface area contributed by atoms with Gasteiger partial charge in [0.1, 0.15) is 0 Å². The third-order valence-electron chi connectivity index (χ3n) is 9.27. The Morgan fingerprint density at radius 3 is 0.648 bits per heavy atom. The molecular formula is C48H38N4OZn. The van der Waals surface area contributed by atoms with Crippen LogP contribution >= 0.6 is 0 Å². The normalized spacial score (nSPS) is 12.2. The van der Waals surface area contributed by atoms with E-state index in [0.29, 0.717) is 0 Å². The number of fused-ring (bicyclic) bond motifs is 8. The monoisotopic (exact) mass is 750 g/mol. The molecule has 1 aliphatic rings. The van der Waals surface area contributed by atoms with Gasteiger partial charge in [-0.15, -0.1) is 0 Å². The van der Waals surface area contributed by atoms with E-state index in [1.54, 1.807) is 0 Å². The smallest absolute Gasteiger partial charge is 0.0768 e. The van der Waals surface area contributed by atoms with Crippen molar-refractivity contribution in [1.29, 1.82) is 0 Å². The van der Waals surface area contributed by atoms with Crippen molar-refractivity contribution < 1.29 is 24.2 Å². The van der Waals surface area contributed by atoms with Crippen LogP contribution in [0.25, 0.3) is 0 Å². The second-order valence-corrected chi connectivity index (χ2v) is 12.6. The van der Waals surface area contributed by atoms with Crippen LogP contribution in [-0.2, 0) is 24.2 Å². The molecule has 0 spiro atoms. The molecule has 9 rings (SSSR count). The third-order valence-corrected chi connectivity index (χ3v) is 9.27. The minimum atomic E-state index is 0. The van der Waals surface area contributed by atoms with Crippen LogP contribution in [0.5, 0.6) is 0 Å². The number of benzene rings is 4. The molecule has 54 heavy (non-hydrogen) atoms. The summed E-state index contributed by atoms with van der Waals surface area (Å²) in [6.07, 6.45) is 0. The van der Waals surface area contributed by atoms with Gasteiger partial charge in [-0.25, -0.2) is 0 Å². The zero-order chi connectivity index (χ0) is 36.0. The number of aromatic nitrogens is 4. The Morgan fingerprint density at radius 2 is 0.500 bits per heavy atom. The molecule has 5 heterocycles. The Labute approximate surface area is 331 Å². The summed E-state index contributed by atoms with van der Waals surface area (Å²) in [4.78, 5) is 21.2. The fourth-order valence-electron chi connectivity index (χ4n) is 6.89. The summed E-state index contributed by atoms with van der Waals surface area (Å²) in [5, 5.41) is 0. The predicted octanol–water partition coefficient (Wildman–Crippen LogP) is 8.95. The molecule has 0 amide bonds. The molecule has 6 heteroatoms. The van der Waals surface area contributed by atoms with E-state index in [2.05, 4.69) is 146 Å². The van der Waals surface area contributed by atoms with Crippen LogP contribution < -0.4 is 19.9 Å². The molecule has 0 saturated carbocycles. The van der Waals surface area contributed by atoms with E-state index in [4.69, 9.17) is 24.7 Å². The Hall–Kier alpha value is -5.94. The van der Waals surface area contributed by atoms with Crippen LogP contribution in [0.1, 0.15) is 81.7 Å². The maximum absolute atomic E-state index is 5.31.